The standard InChI is InChI=1S/C33H29ClFN3O5S/c1-20(31(39)36-24-13-15-28(35)27(34)18-24)44-26-11-7-10-23(17-26)37-33(41)29(38-32(40)21-8-5-4-6-9-21)16-22-12-14-25(42-2)19-30(22)43-3/h4-20H,1-3H3,(H,36,39)(H,37,41)(H,38,40)/b29-16+. The highest BCUT2D eigenvalue weighted by atomic mass is 35.5. The summed E-state index contributed by atoms with van der Waals surface area (Å²) in [4.78, 5) is 40.0. The van der Waals surface area contributed by atoms with Crippen LogP contribution in [0.4, 0.5) is 15.8 Å². The van der Waals surface area contributed by atoms with Crippen LogP contribution in [0.2, 0.25) is 5.02 Å². The zero-order chi connectivity index (χ0) is 31.6. The molecule has 226 valence electrons. The van der Waals surface area contributed by atoms with Gasteiger partial charge in [0.1, 0.15) is 23.0 Å². The molecule has 4 aromatic rings. The topological polar surface area (TPSA) is 106 Å². The van der Waals surface area contributed by atoms with E-state index in [1.807, 2.05) is 0 Å². The lowest BCUT2D eigenvalue weighted by molar-refractivity contribution is -0.115. The van der Waals surface area contributed by atoms with Crippen molar-refractivity contribution in [2.45, 2.75) is 17.1 Å². The molecule has 0 fully saturated rings. The highest BCUT2D eigenvalue weighted by Crippen LogP contribution is 2.29. The van der Waals surface area contributed by atoms with Gasteiger partial charge < -0.3 is 25.4 Å². The third-order valence-electron chi connectivity index (χ3n) is 6.23. The average Bonchev–Trinajstić information content (AvgIpc) is 3.03. The van der Waals surface area contributed by atoms with E-state index in [2.05, 4.69) is 16.0 Å². The molecule has 0 saturated heterocycles. The maximum atomic E-state index is 13.5. The van der Waals surface area contributed by atoms with E-state index in [1.165, 1.54) is 50.3 Å². The summed E-state index contributed by atoms with van der Waals surface area (Å²) in [6.45, 7) is 1.72. The number of amides is 3. The van der Waals surface area contributed by atoms with Crippen LogP contribution in [0.1, 0.15) is 22.8 Å². The van der Waals surface area contributed by atoms with Crippen molar-refractivity contribution < 1.29 is 28.2 Å². The van der Waals surface area contributed by atoms with Crippen LogP contribution >= 0.6 is 23.4 Å². The Labute approximate surface area is 263 Å². The number of hydrogen-bond donors (Lipinski definition) is 3. The van der Waals surface area contributed by atoms with Gasteiger partial charge in [0.05, 0.1) is 24.5 Å². The first-order chi connectivity index (χ1) is 21.2. The Balaban J connectivity index is 1.52. The molecule has 4 aromatic carbocycles. The number of hydrogen-bond acceptors (Lipinski definition) is 6. The van der Waals surface area contributed by atoms with Crippen molar-refractivity contribution in [3.8, 4) is 11.5 Å². The van der Waals surface area contributed by atoms with Crippen molar-refractivity contribution in [2.24, 2.45) is 0 Å². The van der Waals surface area contributed by atoms with Crippen molar-refractivity contribution in [3.63, 3.8) is 0 Å². The number of anilines is 2. The van der Waals surface area contributed by atoms with Crippen LogP contribution in [-0.2, 0) is 9.59 Å². The first-order valence-corrected chi connectivity index (χ1v) is 14.6. The smallest absolute Gasteiger partial charge is 0.272 e. The van der Waals surface area contributed by atoms with Crippen molar-refractivity contribution in [3.05, 3.63) is 119 Å². The molecule has 1 unspecified atom stereocenters. The summed E-state index contributed by atoms with van der Waals surface area (Å²) in [5.41, 5.74) is 1.71. The lowest BCUT2D eigenvalue weighted by atomic mass is 10.1. The van der Waals surface area contributed by atoms with Crippen molar-refractivity contribution in [2.75, 3.05) is 24.9 Å². The van der Waals surface area contributed by atoms with Gasteiger partial charge in [-0.2, -0.15) is 0 Å². The molecule has 0 aliphatic heterocycles. The number of benzene rings is 4. The largest absolute Gasteiger partial charge is 0.497 e. The normalized spacial score (nSPS) is 11.7. The first-order valence-electron chi connectivity index (χ1n) is 13.3. The van der Waals surface area contributed by atoms with Gasteiger partial charge in [-0.05, 0) is 73.7 Å². The SMILES string of the molecule is COc1ccc(/C=C(/NC(=O)c2ccccc2)C(=O)Nc2cccc(SC(C)C(=O)Nc3ccc(F)c(Cl)c3)c2)c(OC)c1. The fourth-order valence-electron chi connectivity index (χ4n) is 3.96. The molecule has 3 amide bonds. The van der Waals surface area contributed by atoms with E-state index in [1.54, 1.807) is 79.7 Å². The molecule has 0 spiro atoms. The number of nitrogens with one attached hydrogen (secondary N) is 3. The quantitative estimate of drug-likeness (QED) is 0.121. The summed E-state index contributed by atoms with van der Waals surface area (Å²) in [5.74, 6) is -0.922. The molecule has 44 heavy (non-hydrogen) atoms. The minimum Gasteiger partial charge on any atom is -0.497 e. The van der Waals surface area contributed by atoms with Gasteiger partial charge in [0, 0.05) is 33.5 Å². The second-order valence-corrected chi connectivity index (χ2v) is 11.2. The van der Waals surface area contributed by atoms with Gasteiger partial charge in [-0.1, -0.05) is 35.9 Å². The first kappa shape index (κ1) is 32.1. The summed E-state index contributed by atoms with van der Waals surface area (Å²) in [6.07, 6.45) is 1.52. The Bertz CT molecular complexity index is 1700. The van der Waals surface area contributed by atoms with E-state index in [0.29, 0.717) is 38.9 Å². The van der Waals surface area contributed by atoms with E-state index in [4.69, 9.17) is 21.1 Å². The molecule has 3 N–H and O–H groups in total. The monoisotopic (exact) mass is 633 g/mol. The summed E-state index contributed by atoms with van der Waals surface area (Å²) < 4.78 is 24.2. The van der Waals surface area contributed by atoms with Crippen LogP contribution < -0.4 is 25.4 Å². The summed E-state index contributed by atoms with van der Waals surface area (Å²) in [6, 6.07) is 24.5. The highest BCUT2D eigenvalue weighted by Gasteiger charge is 2.18. The van der Waals surface area contributed by atoms with Crippen LogP contribution in [0.5, 0.6) is 11.5 Å². The van der Waals surface area contributed by atoms with E-state index in [0.717, 1.165) is 0 Å². The predicted molar refractivity (Wildman–Crippen MR) is 172 cm³/mol. The summed E-state index contributed by atoms with van der Waals surface area (Å²) in [7, 11) is 3.03. The van der Waals surface area contributed by atoms with Crippen LogP contribution in [-0.4, -0.2) is 37.2 Å². The Morgan fingerprint density at radius 3 is 2.32 bits per heavy atom. The van der Waals surface area contributed by atoms with E-state index < -0.39 is 22.9 Å². The number of methoxy groups -OCH3 is 2. The van der Waals surface area contributed by atoms with Gasteiger partial charge in [-0.25, -0.2) is 4.39 Å². The summed E-state index contributed by atoms with van der Waals surface area (Å²) >= 11 is 7.08. The van der Waals surface area contributed by atoms with Crippen LogP contribution in [0.3, 0.4) is 0 Å². The second kappa shape index (κ2) is 15.1. The van der Waals surface area contributed by atoms with Crippen molar-refractivity contribution in [1.29, 1.82) is 0 Å². The molecule has 0 aliphatic carbocycles. The number of ether oxygens (including phenoxy) is 2. The molecule has 0 aliphatic rings. The number of carbonyl (C=O) groups is 3. The third-order valence-corrected chi connectivity index (χ3v) is 7.61. The maximum Gasteiger partial charge on any atom is 0.272 e. The lowest BCUT2D eigenvalue weighted by Gasteiger charge is -2.15. The van der Waals surface area contributed by atoms with E-state index in [9.17, 15) is 18.8 Å². The predicted octanol–water partition coefficient (Wildman–Crippen LogP) is 7.03. The fraction of sp³-hybridized carbons (Fsp3) is 0.121. The van der Waals surface area contributed by atoms with E-state index in [-0.39, 0.29) is 16.6 Å². The zero-order valence-electron chi connectivity index (χ0n) is 24.0. The van der Waals surface area contributed by atoms with Gasteiger partial charge in [0.15, 0.2) is 0 Å². The molecule has 0 radical (unpaired) electrons. The Morgan fingerprint density at radius 1 is 0.864 bits per heavy atom. The number of rotatable bonds is 11. The fourth-order valence-corrected chi connectivity index (χ4v) is 5.06. The molecule has 4 rings (SSSR count). The minimum atomic E-state index is -0.577. The molecular formula is C33H29ClFN3O5S. The third kappa shape index (κ3) is 8.62. The maximum absolute atomic E-state index is 13.5. The van der Waals surface area contributed by atoms with Gasteiger partial charge in [0.2, 0.25) is 5.91 Å². The molecule has 1 atom stereocenters. The lowest BCUT2D eigenvalue weighted by Crippen LogP contribution is -2.30. The number of thioether (sulfide) groups is 1. The number of carbonyl (C=O) groups excluding carboxylic acids is 3. The molecule has 0 heterocycles. The average molecular weight is 634 g/mol. The molecule has 0 aromatic heterocycles. The zero-order valence-corrected chi connectivity index (χ0v) is 25.6. The highest BCUT2D eigenvalue weighted by molar-refractivity contribution is 8.00. The molecule has 11 heteroatoms. The van der Waals surface area contributed by atoms with Crippen molar-refractivity contribution >= 4 is 58.5 Å². The van der Waals surface area contributed by atoms with Gasteiger partial charge in [-0.15, -0.1) is 11.8 Å². The van der Waals surface area contributed by atoms with Crippen LogP contribution in [0, 0.1) is 5.82 Å². The van der Waals surface area contributed by atoms with Crippen LogP contribution in [0.25, 0.3) is 6.08 Å². The van der Waals surface area contributed by atoms with Gasteiger partial charge >= 0.3 is 0 Å². The minimum absolute atomic E-state index is 0.0221. The Kier molecular flexibility index (Phi) is 11.0. The van der Waals surface area contributed by atoms with Gasteiger partial charge in [-0.3, -0.25) is 14.4 Å². The summed E-state index contributed by atoms with van der Waals surface area (Å²) in [5, 5.41) is 7.62. The second-order valence-electron chi connectivity index (χ2n) is 9.35. The van der Waals surface area contributed by atoms with E-state index >= 15 is 0 Å². The Morgan fingerprint density at radius 2 is 1.61 bits per heavy atom. The molecule has 0 saturated carbocycles. The van der Waals surface area contributed by atoms with Gasteiger partial charge in [0.25, 0.3) is 11.8 Å². The molecule has 0 bridgehead atoms. The van der Waals surface area contributed by atoms with Crippen molar-refractivity contribution in [1.82, 2.24) is 5.32 Å². The number of halogens is 2. The Hall–Kier alpha value is -4.80. The van der Waals surface area contributed by atoms with Crippen LogP contribution in [0.15, 0.2) is 102 Å². The molecule has 8 nitrogen and oxygen atoms in total. The molecular weight excluding hydrogens is 605 g/mol.